The van der Waals surface area contributed by atoms with Gasteiger partial charge in [-0.1, -0.05) is 33.3 Å². The predicted octanol–water partition coefficient (Wildman–Crippen LogP) is 3.00. The van der Waals surface area contributed by atoms with E-state index < -0.39 is 5.60 Å². The molecule has 3 atom stereocenters. The van der Waals surface area contributed by atoms with E-state index in [0.717, 1.165) is 12.8 Å². The first kappa shape index (κ1) is 10.8. The minimum atomic E-state index is -0.605. The Kier molecular flexibility index (Phi) is 3.18. The second-order valence-corrected chi connectivity index (χ2v) is 4.93. The zero-order valence-corrected chi connectivity index (χ0v) is 9.09. The lowest BCUT2D eigenvalue weighted by molar-refractivity contribution is -0.0404. The molecule has 0 radical (unpaired) electrons. The molecule has 0 aromatic rings. The summed E-state index contributed by atoms with van der Waals surface area (Å²) in [5.41, 5.74) is -0.605. The van der Waals surface area contributed by atoms with Crippen molar-refractivity contribution in [1.82, 2.24) is 0 Å². The molecule has 0 bridgehead atoms. The van der Waals surface area contributed by atoms with E-state index in [1.54, 1.807) is 6.08 Å². The largest absolute Gasteiger partial charge is 0.385 e. The van der Waals surface area contributed by atoms with Crippen molar-refractivity contribution in [3.05, 3.63) is 12.7 Å². The molecule has 1 aliphatic rings. The number of aliphatic hydroxyl groups is 1. The molecule has 1 nitrogen and oxygen atoms in total. The molecular formula is C12H22O. The summed E-state index contributed by atoms with van der Waals surface area (Å²) in [7, 11) is 0. The van der Waals surface area contributed by atoms with Crippen molar-refractivity contribution in [2.75, 3.05) is 0 Å². The second kappa shape index (κ2) is 3.83. The van der Waals surface area contributed by atoms with E-state index in [0.29, 0.717) is 17.8 Å². The van der Waals surface area contributed by atoms with Crippen LogP contribution in [-0.4, -0.2) is 10.7 Å². The van der Waals surface area contributed by atoms with Crippen molar-refractivity contribution in [2.45, 2.75) is 45.6 Å². The fourth-order valence-electron chi connectivity index (χ4n) is 2.67. The van der Waals surface area contributed by atoms with Crippen LogP contribution in [0.25, 0.3) is 0 Å². The molecule has 0 unspecified atom stereocenters. The first-order valence-electron chi connectivity index (χ1n) is 5.35. The van der Waals surface area contributed by atoms with Gasteiger partial charge in [0.1, 0.15) is 0 Å². The Balaban J connectivity index is 2.78. The Bertz CT molecular complexity index is 186. The summed E-state index contributed by atoms with van der Waals surface area (Å²) in [6.45, 7) is 10.4. The third kappa shape index (κ3) is 2.14. The zero-order valence-electron chi connectivity index (χ0n) is 9.09. The van der Waals surface area contributed by atoms with Crippen LogP contribution in [0.4, 0.5) is 0 Å². The van der Waals surface area contributed by atoms with Crippen molar-refractivity contribution in [3.8, 4) is 0 Å². The van der Waals surface area contributed by atoms with Gasteiger partial charge in [-0.3, -0.25) is 0 Å². The zero-order chi connectivity index (χ0) is 10.1. The molecule has 0 spiro atoms. The van der Waals surface area contributed by atoms with Gasteiger partial charge in [0.2, 0.25) is 0 Å². The van der Waals surface area contributed by atoms with E-state index >= 15 is 0 Å². The van der Waals surface area contributed by atoms with E-state index in [1.807, 2.05) is 0 Å². The van der Waals surface area contributed by atoms with Crippen molar-refractivity contribution in [1.29, 1.82) is 0 Å². The van der Waals surface area contributed by atoms with Crippen molar-refractivity contribution in [3.63, 3.8) is 0 Å². The minimum absolute atomic E-state index is 0.404. The van der Waals surface area contributed by atoms with E-state index in [9.17, 15) is 5.11 Å². The molecule has 0 aromatic heterocycles. The van der Waals surface area contributed by atoms with E-state index in [4.69, 9.17) is 0 Å². The molecule has 0 heterocycles. The molecule has 0 saturated heterocycles. The van der Waals surface area contributed by atoms with Gasteiger partial charge in [0.05, 0.1) is 5.60 Å². The van der Waals surface area contributed by atoms with Crippen LogP contribution in [0.15, 0.2) is 12.7 Å². The highest BCUT2D eigenvalue weighted by Gasteiger charge is 2.40. The summed E-state index contributed by atoms with van der Waals surface area (Å²) in [4.78, 5) is 0. The van der Waals surface area contributed by atoms with Gasteiger partial charge in [0.15, 0.2) is 0 Å². The predicted molar refractivity (Wildman–Crippen MR) is 56.5 cm³/mol. The van der Waals surface area contributed by atoms with Crippen LogP contribution in [0.3, 0.4) is 0 Å². The van der Waals surface area contributed by atoms with Crippen LogP contribution in [0, 0.1) is 17.8 Å². The summed E-state index contributed by atoms with van der Waals surface area (Å²) >= 11 is 0. The lowest BCUT2D eigenvalue weighted by Crippen LogP contribution is -2.43. The summed E-state index contributed by atoms with van der Waals surface area (Å²) in [5.74, 6) is 1.59. The highest BCUT2D eigenvalue weighted by atomic mass is 16.3. The van der Waals surface area contributed by atoms with E-state index in [2.05, 4.69) is 27.4 Å². The maximum atomic E-state index is 10.4. The van der Waals surface area contributed by atoms with Gasteiger partial charge in [-0.25, -0.2) is 0 Å². The van der Waals surface area contributed by atoms with Gasteiger partial charge in [-0.15, -0.1) is 6.58 Å². The lowest BCUT2D eigenvalue weighted by atomic mass is 9.67. The molecule has 76 valence electrons. The minimum Gasteiger partial charge on any atom is -0.385 e. The Morgan fingerprint density at radius 1 is 1.46 bits per heavy atom. The van der Waals surface area contributed by atoms with Gasteiger partial charge in [-0.05, 0) is 30.6 Å². The van der Waals surface area contributed by atoms with Gasteiger partial charge in [0, 0.05) is 0 Å². The molecule has 0 amide bonds. The molecule has 1 saturated carbocycles. The maximum Gasteiger partial charge on any atom is 0.0858 e. The van der Waals surface area contributed by atoms with Gasteiger partial charge in [0.25, 0.3) is 0 Å². The fourth-order valence-corrected chi connectivity index (χ4v) is 2.67. The Hall–Kier alpha value is -0.300. The molecular weight excluding hydrogens is 160 g/mol. The van der Waals surface area contributed by atoms with Crippen LogP contribution in [0.1, 0.15) is 40.0 Å². The average Bonchev–Trinajstić information content (AvgIpc) is 2.03. The fraction of sp³-hybridized carbons (Fsp3) is 0.833. The van der Waals surface area contributed by atoms with Crippen molar-refractivity contribution < 1.29 is 5.11 Å². The molecule has 1 aliphatic carbocycles. The van der Waals surface area contributed by atoms with Crippen LogP contribution in [0.5, 0.6) is 0 Å². The smallest absolute Gasteiger partial charge is 0.0858 e. The standard InChI is InChI=1S/C12H22O/c1-5-12(13)8-10(4)6-7-11(12)9(2)3/h5,9-11,13H,1,6-8H2,2-4H3/t10-,11+,12-/m1/s1. The van der Waals surface area contributed by atoms with Crippen molar-refractivity contribution in [2.24, 2.45) is 17.8 Å². The molecule has 0 aromatic carbocycles. The monoisotopic (exact) mass is 182 g/mol. The van der Waals surface area contributed by atoms with Crippen LogP contribution in [-0.2, 0) is 0 Å². The summed E-state index contributed by atoms with van der Waals surface area (Å²) < 4.78 is 0. The average molecular weight is 182 g/mol. The Morgan fingerprint density at radius 3 is 2.54 bits per heavy atom. The molecule has 1 rings (SSSR count). The number of hydrogen-bond acceptors (Lipinski definition) is 1. The van der Waals surface area contributed by atoms with Gasteiger partial charge in [-0.2, -0.15) is 0 Å². The van der Waals surface area contributed by atoms with E-state index in [1.165, 1.54) is 6.42 Å². The number of rotatable bonds is 2. The normalized spacial score (nSPS) is 40.7. The second-order valence-electron chi connectivity index (χ2n) is 4.93. The van der Waals surface area contributed by atoms with Gasteiger partial charge >= 0.3 is 0 Å². The van der Waals surface area contributed by atoms with Gasteiger partial charge < -0.3 is 5.11 Å². The molecule has 13 heavy (non-hydrogen) atoms. The highest BCUT2D eigenvalue weighted by Crippen LogP contribution is 2.41. The summed E-state index contributed by atoms with van der Waals surface area (Å²) in [6, 6.07) is 0. The molecule has 0 aliphatic heterocycles. The third-order valence-electron chi connectivity index (χ3n) is 3.45. The van der Waals surface area contributed by atoms with Crippen LogP contribution < -0.4 is 0 Å². The lowest BCUT2D eigenvalue weighted by Gasteiger charge is -2.42. The Labute approximate surface area is 81.9 Å². The molecule has 1 N–H and O–H groups in total. The summed E-state index contributed by atoms with van der Waals surface area (Å²) in [5, 5.41) is 10.4. The Morgan fingerprint density at radius 2 is 2.08 bits per heavy atom. The third-order valence-corrected chi connectivity index (χ3v) is 3.45. The van der Waals surface area contributed by atoms with Crippen LogP contribution >= 0.6 is 0 Å². The summed E-state index contributed by atoms with van der Waals surface area (Å²) in [6.07, 6.45) is 5.03. The number of hydrogen-bond donors (Lipinski definition) is 1. The molecule has 1 heteroatoms. The quantitative estimate of drug-likeness (QED) is 0.651. The van der Waals surface area contributed by atoms with Crippen LogP contribution in [0.2, 0.25) is 0 Å². The highest BCUT2D eigenvalue weighted by molar-refractivity contribution is 5.04. The van der Waals surface area contributed by atoms with E-state index in [-0.39, 0.29) is 0 Å². The first-order valence-corrected chi connectivity index (χ1v) is 5.35. The maximum absolute atomic E-state index is 10.4. The molecule has 1 fully saturated rings. The van der Waals surface area contributed by atoms with Crippen molar-refractivity contribution >= 4 is 0 Å². The topological polar surface area (TPSA) is 20.2 Å². The first-order chi connectivity index (χ1) is 5.99. The SMILES string of the molecule is C=C[C@@]1(O)C[C@H](C)CC[C@H]1C(C)C.